The van der Waals surface area contributed by atoms with Crippen LogP contribution in [0.15, 0.2) is 36.5 Å². The number of phenols is 1. The summed E-state index contributed by atoms with van der Waals surface area (Å²) in [6.07, 6.45) is 8.03. The van der Waals surface area contributed by atoms with Crippen LogP contribution in [0.5, 0.6) is 11.8 Å². The number of halogens is 2. The first-order valence-corrected chi connectivity index (χ1v) is 15.8. The lowest BCUT2D eigenvalue weighted by atomic mass is 9.87. The van der Waals surface area contributed by atoms with E-state index in [0.717, 1.165) is 73.5 Å². The number of hydrogen-bond acceptors (Lipinski definition) is 7. The molecular formula is C34H37F2N5O2. The van der Waals surface area contributed by atoms with Gasteiger partial charge in [-0.05, 0) is 80.0 Å². The van der Waals surface area contributed by atoms with E-state index >= 15 is 4.39 Å². The van der Waals surface area contributed by atoms with E-state index in [0.29, 0.717) is 36.0 Å². The minimum Gasteiger partial charge on any atom is -0.508 e. The molecule has 4 aromatic rings. The molecule has 0 spiro atoms. The van der Waals surface area contributed by atoms with Crippen LogP contribution in [0, 0.1) is 5.82 Å². The molecule has 8 rings (SSSR count). The van der Waals surface area contributed by atoms with Crippen molar-refractivity contribution in [3.8, 4) is 23.0 Å². The van der Waals surface area contributed by atoms with Gasteiger partial charge in [0.15, 0.2) is 5.82 Å². The first kappa shape index (κ1) is 27.1. The number of ether oxygens (including phenoxy) is 1. The van der Waals surface area contributed by atoms with E-state index in [2.05, 4.69) is 27.1 Å². The zero-order valence-corrected chi connectivity index (χ0v) is 24.5. The molecule has 4 aliphatic heterocycles. The van der Waals surface area contributed by atoms with Gasteiger partial charge in [-0.15, -0.1) is 0 Å². The van der Waals surface area contributed by atoms with E-state index < -0.39 is 12.0 Å². The highest BCUT2D eigenvalue weighted by molar-refractivity contribution is 6.01. The second-order valence-electron chi connectivity index (χ2n) is 13.1. The normalized spacial score (nSPS) is 28.6. The molecule has 4 aliphatic rings. The van der Waals surface area contributed by atoms with Gasteiger partial charge in [0.05, 0.1) is 11.2 Å². The molecule has 4 saturated heterocycles. The highest BCUT2D eigenvalue weighted by atomic mass is 19.1. The van der Waals surface area contributed by atoms with E-state index in [9.17, 15) is 9.50 Å². The van der Waals surface area contributed by atoms with E-state index in [1.165, 1.54) is 0 Å². The summed E-state index contributed by atoms with van der Waals surface area (Å²) in [5.41, 5.74) is 2.33. The summed E-state index contributed by atoms with van der Waals surface area (Å²) in [5.74, 6) is -0.362. The summed E-state index contributed by atoms with van der Waals surface area (Å²) in [7, 11) is 0. The van der Waals surface area contributed by atoms with Crippen LogP contribution in [0.25, 0.3) is 32.9 Å². The van der Waals surface area contributed by atoms with Crippen molar-refractivity contribution in [1.29, 1.82) is 0 Å². The second-order valence-corrected chi connectivity index (χ2v) is 13.1. The average Bonchev–Trinajstić information content (AvgIpc) is 3.65. The summed E-state index contributed by atoms with van der Waals surface area (Å²) in [6.45, 7) is 3.65. The van der Waals surface area contributed by atoms with Gasteiger partial charge in [0.1, 0.15) is 29.7 Å². The summed E-state index contributed by atoms with van der Waals surface area (Å²) in [4.78, 5) is 16.5. The molecule has 4 atom stereocenters. The van der Waals surface area contributed by atoms with Crippen molar-refractivity contribution >= 4 is 21.7 Å². The molecule has 7 nitrogen and oxygen atoms in total. The van der Waals surface area contributed by atoms with Gasteiger partial charge < -0.3 is 15.2 Å². The van der Waals surface area contributed by atoms with Crippen molar-refractivity contribution in [3.63, 3.8) is 0 Å². The average molecular weight is 586 g/mol. The number of rotatable bonds is 6. The number of nitrogens with one attached hydrogen (secondary N) is 1. The number of nitrogens with zero attached hydrogens (tertiary/aromatic N) is 4. The zero-order valence-electron chi connectivity index (χ0n) is 24.5. The maximum absolute atomic E-state index is 16.8. The fourth-order valence-corrected chi connectivity index (χ4v) is 8.52. The highest BCUT2D eigenvalue weighted by Gasteiger charge is 2.49. The summed E-state index contributed by atoms with van der Waals surface area (Å²) >= 11 is 0. The lowest BCUT2D eigenvalue weighted by Crippen LogP contribution is -2.43. The molecule has 6 heterocycles. The second kappa shape index (κ2) is 10.3. The van der Waals surface area contributed by atoms with Crippen molar-refractivity contribution in [2.24, 2.45) is 0 Å². The molecule has 2 aromatic heterocycles. The Morgan fingerprint density at radius 3 is 2.81 bits per heavy atom. The van der Waals surface area contributed by atoms with Crippen LogP contribution in [0.2, 0.25) is 0 Å². The number of benzene rings is 2. The van der Waals surface area contributed by atoms with Gasteiger partial charge in [-0.1, -0.05) is 25.1 Å². The first-order chi connectivity index (χ1) is 20.9. The molecule has 2 unspecified atom stereocenters. The standard InChI is InChI=1S/C34H37F2N5O2/c1-2-19-5-3-6-20-13-25(42)14-26(28(19)20)31-29(36)32-27(16-37-31)30(21-11-23-7-8-24(12-21)38-23)39-33(40-32)43-18-34-9-4-10-41(34)17-22(35)15-34/h3,5-6,13-14,16,21-24,38,42H,2,4,7-12,15,17-18H2,1H3/t21?,22-,23?,24?,34+/m1/s1. The predicted octanol–water partition coefficient (Wildman–Crippen LogP) is 6.21. The third kappa shape index (κ3) is 4.54. The lowest BCUT2D eigenvalue weighted by molar-refractivity contribution is 0.107. The van der Waals surface area contributed by atoms with Gasteiger partial charge in [-0.3, -0.25) is 9.88 Å². The Kier molecular flexibility index (Phi) is 6.53. The molecule has 9 heteroatoms. The number of phenolic OH excluding ortho intramolecular Hbond substituents is 1. The van der Waals surface area contributed by atoms with Gasteiger partial charge >= 0.3 is 6.01 Å². The van der Waals surface area contributed by atoms with Gasteiger partial charge in [-0.2, -0.15) is 9.97 Å². The number of piperidine rings is 1. The molecule has 2 N–H and O–H groups in total. The number of aromatic nitrogens is 3. The van der Waals surface area contributed by atoms with Crippen LogP contribution in [0.4, 0.5) is 8.78 Å². The van der Waals surface area contributed by atoms with Crippen LogP contribution in [0.1, 0.15) is 69.0 Å². The van der Waals surface area contributed by atoms with Crippen LogP contribution in [-0.4, -0.2) is 68.4 Å². The lowest BCUT2D eigenvalue weighted by Gasteiger charge is -2.31. The number of hydrogen-bond donors (Lipinski definition) is 2. The Labute approximate surface area is 249 Å². The van der Waals surface area contributed by atoms with Crippen LogP contribution >= 0.6 is 0 Å². The van der Waals surface area contributed by atoms with Crippen molar-refractivity contribution in [2.75, 3.05) is 19.7 Å². The van der Waals surface area contributed by atoms with Gasteiger partial charge in [0.25, 0.3) is 0 Å². The monoisotopic (exact) mass is 585 g/mol. The van der Waals surface area contributed by atoms with Crippen molar-refractivity contribution in [1.82, 2.24) is 25.2 Å². The number of aromatic hydroxyl groups is 1. The number of aryl methyl sites for hydroxylation is 1. The molecular weight excluding hydrogens is 548 g/mol. The van der Waals surface area contributed by atoms with Gasteiger partial charge in [0, 0.05) is 48.1 Å². The molecule has 4 fully saturated rings. The first-order valence-electron chi connectivity index (χ1n) is 15.8. The van der Waals surface area contributed by atoms with E-state index in [1.807, 2.05) is 18.2 Å². The molecule has 0 radical (unpaired) electrons. The van der Waals surface area contributed by atoms with Crippen molar-refractivity contribution in [3.05, 3.63) is 53.6 Å². The molecule has 224 valence electrons. The predicted molar refractivity (Wildman–Crippen MR) is 162 cm³/mol. The number of alkyl halides is 1. The largest absolute Gasteiger partial charge is 0.508 e. The van der Waals surface area contributed by atoms with Gasteiger partial charge in [0.2, 0.25) is 0 Å². The molecule has 0 saturated carbocycles. The third-order valence-corrected chi connectivity index (χ3v) is 10.5. The van der Waals surface area contributed by atoms with Crippen molar-refractivity contribution in [2.45, 2.75) is 88.0 Å². The molecule has 0 amide bonds. The molecule has 0 aliphatic carbocycles. The Morgan fingerprint density at radius 2 is 2.00 bits per heavy atom. The topological polar surface area (TPSA) is 83.4 Å². The van der Waals surface area contributed by atoms with Crippen LogP contribution in [0.3, 0.4) is 0 Å². The minimum atomic E-state index is -0.863. The SMILES string of the molecule is CCc1cccc2cc(O)cc(-c3ncc4c(C5CC6CCC(C5)N6)nc(OC[C@@]56CCCN5C[C@H](F)C6)nc4c3F)c12. The zero-order chi connectivity index (χ0) is 29.3. The quantitative estimate of drug-likeness (QED) is 0.279. The number of fused-ring (bicyclic) bond motifs is 5. The summed E-state index contributed by atoms with van der Waals surface area (Å²) in [6, 6.07) is 10.2. The molecule has 43 heavy (non-hydrogen) atoms. The third-order valence-electron chi connectivity index (χ3n) is 10.5. The van der Waals surface area contributed by atoms with E-state index in [4.69, 9.17) is 9.72 Å². The highest BCUT2D eigenvalue weighted by Crippen LogP contribution is 2.43. The fraction of sp³-hybridized carbons (Fsp3) is 0.500. The maximum Gasteiger partial charge on any atom is 0.317 e. The Morgan fingerprint density at radius 1 is 1.16 bits per heavy atom. The van der Waals surface area contributed by atoms with Crippen molar-refractivity contribution < 1.29 is 18.6 Å². The van der Waals surface area contributed by atoms with Crippen LogP contribution < -0.4 is 10.1 Å². The van der Waals surface area contributed by atoms with E-state index in [1.54, 1.807) is 18.3 Å². The van der Waals surface area contributed by atoms with Crippen LogP contribution in [-0.2, 0) is 6.42 Å². The van der Waals surface area contributed by atoms with Gasteiger partial charge in [-0.25, -0.2) is 8.78 Å². The Hall–Kier alpha value is -3.43. The molecule has 2 bridgehead atoms. The Balaban J connectivity index is 1.26. The smallest absolute Gasteiger partial charge is 0.317 e. The summed E-state index contributed by atoms with van der Waals surface area (Å²) < 4.78 is 37.5. The number of pyridine rings is 1. The summed E-state index contributed by atoms with van der Waals surface area (Å²) in [5, 5.41) is 16.6. The maximum atomic E-state index is 16.8. The Bertz CT molecular complexity index is 1720. The fourth-order valence-electron chi connectivity index (χ4n) is 8.52. The molecule has 2 aromatic carbocycles. The minimum absolute atomic E-state index is 0.0535. The van der Waals surface area contributed by atoms with E-state index in [-0.39, 0.29) is 41.0 Å².